The van der Waals surface area contributed by atoms with Crippen molar-refractivity contribution in [2.45, 2.75) is 85.9 Å². The molecule has 6 rings (SSSR count). The van der Waals surface area contributed by atoms with Crippen LogP contribution in [0.1, 0.15) is 54.6 Å². The number of aromatic hydroxyl groups is 2. The standard InChI is InChI=1S/C39H55N9O9S2/c49-22-30(51)29(50)19-25-21-42-26-8-7-24(18-27(26)43-25)37(55)41-9-3-5-33(52)40-10-17-58-32-20-35(54)48(38(32)56)16-13-46-11-14-47(15-12-46)34(53)6-2-1-4-31-36-28(23-59-31)44-39(57)45-36/h7-8,18,20-21,28-31,36,49-51,54,56H,1-6,9-17,19,22-23H2,(H,40,52)(H,41,55)(H2,44,45,57). The lowest BCUT2D eigenvalue weighted by atomic mass is 10.0. The van der Waals surface area contributed by atoms with Crippen LogP contribution in [-0.2, 0) is 22.6 Å². The van der Waals surface area contributed by atoms with Crippen LogP contribution in [0.15, 0.2) is 35.4 Å². The number of rotatable bonds is 21. The zero-order valence-electron chi connectivity index (χ0n) is 32.9. The van der Waals surface area contributed by atoms with Crippen LogP contribution in [0.4, 0.5) is 4.79 Å². The second-order valence-corrected chi connectivity index (χ2v) is 17.5. The summed E-state index contributed by atoms with van der Waals surface area (Å²) in [7, 11) is 0. The van der Waals surface area contributed by atoms with Crippen LogP contribution in [0.2, 0.25) is 0 Å². The van der Waals surface area contributed by atoms with Gasteiger partial charge in [0, 0.05) is 106 Å². The molecule has 3 aliphatic heterocycles. The van der Waals surface area contributed by atoms with Crippen LogP contribution >= 0.6 is 23.5 Å². The Morgan fingerprint density at radius 3 is 2.56 bits per heavy atom. The number of urea groups is 1. The molecule has 59 heavy (non-hydrogen) atoms. The molecule has 2 aromatic heterocycles. The highest BCUT2D eigenvalue weighted by Crippen LogP contribution is 2.35. The van der Waals surface area contributed by atoms with Gasteiger partial charge in [-0.2, -0.15) is 11.8 Å². The van der Waals surface area contributed by atoms with Crippen molar-refractivity contribution >= 4 is 58.3 Å². The lowest BCUT2D eigenvalue weighted by Crippen LogP contribution is -2.49. The highest BCUT2D eigenvalue weighted by Gasteiger charge is 2.42. The molecule has 5 atom stereocenters. The quantitative estimate of drug-likeness (QED) is 0.0400. The van der Waals surface area contributed by atoms with Crippen molar-refractivity contribution in [1.29, 1.82) is 0 Å². The van der Waals surface area contributed by atoms with Crippen molar-refractivity contribution in [3.63, 3.8) is 0 Å². The Bertz CT molecular complexity index is 1930. The zero-order chi connectivity index (χ0) is 41.9. The number of nitrogens with one attached hydrogen (secondary N) is 4. The molecule has 5 amide bonds. The molecule has 0 aliphatic carbocycles. The van der Waals surface area contributed by atoms with Crippen LogP contribution in [0.3, 0.4) is 0 Å². The van der Waals surface area contributed by atoms with Gasteiger partial charge < -0.3 is 51.7 Å². The van der Waals surface area contributed by atoms with E-state index in [0.717, 1.165) is 25.0 Å². The molecular weight excluding hydrogens is 803 g/mol. The summed E-state index contributed by atoms with van der Waals surface area (Å²) < 4.78 is 1.46. The lowest BCUT2D eigenvalue weighted by Gasteiger charge is -2.35. The number of hydrogen-bond acceptors (Lipinski definition) is 14. The molecule has 5 heterocycles. The molecule has 0 radical (unpaired) electrons. The summed E-state index contributed by atoms with van der Waals surface area (Å²) in [5, 5.41) is 62.0. The van der Waals surface area contributed by atoms with Gasteiger partial charge in [0.25, 0.3) is 5.91 Å². The highest BCUT2D eigenvalue weighted by atomic mass is 32.2. The Labute approximate surface area is 350 Å². The molecule has 20 heteroatoms. The van der Waals surface area contributed by atoms with Gasteiger partial charge in [-0.3, -0.25) is 28.8 Å². The van der Waals surface area contributed by atoms with Gasteiger partial charge >= 0.3 is 6.03 Å². The maximum atomic E-state index is 12.9. The molecule has 18 nitrogen and oxygen atoms in total. The molecule has 9 N–H and O–H groups in total. The summed E-state index contributed by atoms with van der Waals surface area (Å²) in [6, 6.07) is 6.69. The Hall–Kier alpha value is -4.34. The molecule has 0 spiro atoms. The molecule has 3 aliphatic rings. The molecule has 0 bridgehead atoms. The van der Waals surface area contributed by atoms with E-state index < -0.39 is 18.8 Å². The third-order valence-corrected chi connectivity index (χ3v) is 13.4. The smallest absolute Gasteiger partial charge is 0.315 e. The van der Waals surface area contributed by atoms with E-state index in [2.05, 4.69) is 36.1 Å². The van der Waals surface area contributed by atoms with E-state index in [1.54, 1.807) is 18.2 Å². The summed E-state index contributed by atoms with van der Waals surface area (Å²) in [5.41, 5.74) is 1.74. The van der Waals surface area contributed by atoms with Gasteiger partial charge in [0.05, 0.1) is 46.4 Å². The monoisotopic (exact) mass is 857 g/mol. The van der Waals surface area contributed by atoms with Gasteiger partial charge in [-0.15, -0.1) is 11.8 Å². The number of fused-ring (bicyclic) bond motifs is 2. The molecule has 3 aromatic rings. The Kier molecular flexibility index (Phi) is 15.9. The number of hydrogen-bond donors (Lipinski definition) is 9. The second kappa shape index (κ2) is 21.3. The van der Waals surface area contributed by atoms with Crippen LogP contribution < -0.4 is 21.3 Å². The van der Waals surface area contributed by atoms with Crippen LogP contribution in [0.5, 0.6) is 11.8 Å². The SMILES string of the molecule is O=C(CCCNC(=O)c1ccc2ncc(CC(O)C(O)CO)nc2c1)NCCSc1cc(O)n(CCN2CCN(C(=O)CCCCC3SCC4NC(=O)NC43)CC2)c1O. The first kappa shape index (κ1) is 44.2. The Morgan fingerprint density at radius 2 is 1.76 bits per heavy atom. The summed E-state index contributed by atoms with van der Waals surface area (Å²) in [6.45, 7) is 3.73. The van der Waals surface area contributed by atoms with Crippen molar-refractivity contribution in [3.8, 4) is 11.8 Å². The number of carbonyl (C=O) groups is 4. The summed E-state index contributed by atoms with van der Waals surface area (Å²) in [6.07, 6.45) is 2.86. The number of carbonyl (C=O) groups excluding carboxylic acids is 4. The van der Waals surface area contributed by atoms with E-state index in [1.165, 1.54) is 28.6 Å². The number of aliphatic hydroxyl groups is 3. The minimum absolute atomic E-state index is 0.0145. The largest absolute Gasteiger partial charge is 0.494 e. The molecule has 0 saturated carbocycles. The van der Waals surface area contributed by atoms with Crippen molar-refractivity contribution in [1.82, 2.24) is 45.6 Å². The summed E-state index contributed by atoms with van der Waals surface area (Å²) in [5.74, 6) is 0.987. The number of piperazine rings is 1. The number of thioether (sulfide) groups is 2. The first-order chi connectivity index (χ1) is 28.5. The van der Waals surface area contributed by atoms with Gasteiger partial charge in [0.2, 0.25) is 17.7 Å². The lowest BCUT2D eigenvalue weighted by molar-refractivity contribution is -0.133. The molecule has 322 valence electrons. The number of aromatic nitrogens is 3. The topological polar surface area (TPSA) is 255 Å². The number of nitrogens with zero attached hydrogens (tertiary/aromatic N) is 5. The number of benzene rings is 1. The van der Waals surface area contributed by atoms with Gasteiger partial charge in [0.1, 0.15) is 6.10 Å². The molecule has 1 aromatic carbocycles. The predicted molar refractivity (Wildman–Crippen MR) is 222 cm³/mol. The van der Waals surface area contributed by atoms with Crippen molar-refractivity contribution in [2.24, 2.45) is 0 Å². The van der Waals surface area contributed by atoms with E-state index in [-0.39, 0.29) is 67.0 Å². The maximum absolute atomic E-state index is 12.9. The van der Waals surface area contributed by atoms with Crippen molar-refractivity contribution in [2.75, 3.05) is 63.9 Å². The van der Waals surface area contributed by atoms with Gasteiger partial charge in [-0.1, -0.05) is 6.42 Å². The van der Waals surface area contributed by atoms with Gasteiger partial charge in [0.15, 0.2) is 5.88 Å². The molecule has 3 fully saturated rings. The minimum atomic E-state index is -1.30. The van der Waals surface area contributed by atoms with Gasteiger partial charge in [-0.25, -0.2) is 9.78 Å². The van der Waals surface area contributed by atoms with Crippen LogP contribution in [-0.4, -0.2) is 167 Å². The Balaban J connectivity index is 0.815. The maximum Gasteiger partial charge on any atom is 0.315 e. The van der Waals surface area contributed by atoms with E-state index in [9.17, 15) is 39.6 Å². The molecule has 3 saturated heterocycles. The van der Waals surface area contributed by atoms with Crippen molar-refractivity contribution < 1.29 is 44.7 Å². The number of aliphatic hydroxyl groups excluding tert-OH is 3. The van der Waals surface area contributed by atoms with E-state index >= 15 is 0 Å². The number of unbranched alkanes of at least 4 members (excludes halogenated alkanes) is 1. The third kappa shape index (κ3) is 12.1. The van der Waals surface area contributed by atoms with Gasteiger partial charge in [-0.05, 0) is 37.5 Å². The second-order valence-electron chi connectivity index (χ2n) is 15.1. The molecule has 5 unspecified atom stereocenters. The fourth-order valence-electron chi connectivity index (χ4n) is 7.47. The average molecular weight is 858 g/mol. The molecular formula is C39H55N9O9S2. The first-order valence-electron chi connectivity index (χ1n) is 20.2. The van der Waals surface area contributed by atoms with Crippen molar-refractivity contribution in [3.05, 3.63) is 41.7 Å². The minimum Gasteiger partial charge on any atom is -0.494 e. The predicted octanol–water partition coefficient (Wildman–Crippen LogP) is 0.388. The zero-order valence-corrected chi connectivity index (χ0v) is 34.6. The van der Waals surface area contributed by atoms with E-state index in [4.69, 9.17) is 5.11 Å². The van der Waals surface area contributed by atoms with Crippen LogP contribution in [0.25, 0.3) is 11.0 Å². The summed E-state index contributed by atoms with van der Waals surface area (Å²) >= 11 is 3.21. The normalized spacial score (nSPS) is 20.2. The summed E-state index contributed by atoms with van der Waals surface area (Å²) in [4.78, 5) is 63.0. The van der Waals surface area contributed by atoms with Crippen LogP contribution in [0, 0.1) is 0 Å². The van der Waals surface area contributed by atoms with E-state index in [0.29, 0.717) is 96.8 Å². The van der Waals surface area contributed by atoms with E-state index in [1.807, 2.05) is 16.7 Å². The number of amides is 5. The average Bonchev–Trinajstić information content (AvgIpc) is 3.88. The Morgan fingerprint density at radius 1 is 0.949 bits per heavy atom. The third-order valence-electron chi connectivity index (χ3n) is 10.9. The fourth-order valence-corrected chi connectivity index (χ4v) is 9.86. The first-order valence-corrected chi connectivity index (χ1v) is 22.2. The fraction of sp³-hybridized carbons (Fsp3) is 0.590. The highest BCUT2D eigenvalue weighted by molar-refractivity contribution is 8.00.